The fourth-order valence-corrected chi connectivity index (χ4v) is 4.72. The zero-order valence-electron chi connectivity index (χ0n) is 21.6. The van der Waals surface area contributed by atoms with Crippen LogP contribution in [0.4, 0.5) is 26.3 Å². The highest BCUT2D eigenvalue weighted by Gasteiger charge is 2.47. The van der Waals surface area contributed by atoms with Gasteiger partial charge in [-0.2, -0.15) is 26.3 Å². The van der Waals surface area contributed by atoms with Crippen LogP contribution in [0.5, 0.6) is 0 Å². The number of ether oxygens (including phenoxy) is 1. The van der Waals surface area contributed by atoms with Crippen LogP contribution in [-0.2, 0) is 14.3 Å². The van der Waals surface area contributed by atoms with Crippen LogP contribution >= 0.6 is 0 Å². The van der Waals surface area contributed by atoms with Gasteiger partial charge in [-0.05, 0) is 51.2 Å². The van der Waals surface area contributed by atoms with Gasteiger partial charge in [0.25, 0.3) is 5.91 Å². The molecule has 3 atom stereocenters. The predicted molar refractivity (Wildman–Crippen MR) is 124 cm³/mol. The zero-order chi connectivity index (χ0) is 29.7. The summed E-state index contributed by atoms with van der Waals surface area (Å²) in [4.78, 5) is 40.1. The molecule has 4 rings (SSSR count). The van der Waals surface area contributed by atoms with E-state index in [4.69, 9.17) is 24.5 Å². The molecule has 220 valence electrons. The van der Waals surface area contributed by atoms with E-state index in [0.717, 1.165) is 48.9 Å². The van der Waals surface area contributed by atoms with E-state index in [1.165, 1.54) is 19.4 Å². The third kappa shape index (κ3) is 9.64. The van der Waals surface area contributed by atoms with E-state index in [2.05, 4.69) is 14.8 Å². The van der Waals surface area contributed by atoms with Gasteiger partial charge in [0, 0.05) is 56.2 Å². The van der Waals surface area contributed by atoms with Gasteiger partial charge in [-0.25, -0.2) is 9.59 Å². The van der Waals surface area contributed by atoms with E-state index < -0.39 is 24.3 Å². The number of carbonyl (C=O) groups excluding carboxylic acids is 1. The number of amides is 1. The minimum absolute atomic E-state index is 0.159. The predicted octanol–water partition coefficient (Wildman–Crippen LogP) is 3.54. The lowest BCUT2D eigenvalue weighted by Gasteiger charge is -2.41. The number of likely N-dealkylation sites (tertiary alicyclic amines) is 2. The summed E-state index contributed by atoms with van der Waals surface area (Å²) in [5, 5.41) is 14.2. The zero-order valence-corrected chi connectivity index (χ0v) is 21.6. The van der Waals surface area contributed by atoms with Crippen molar-refractivity contribution in [3.05, 3.63) is 29.1 Å². The number of alkyl halides is 6. The average Bonchev–Trinajstić information content (AvgIpc) is 3.52. The van der Waals surface area contributed by atoms with Crippen molar-refractivity contribution in [3.8, 4) is 0 Å². The van der Waals surface area contributed by atoms with Crippen LogP contribution in [0.2, 0.25) is 0 Å². The first-order chi connectivity index (χ1) is 17.9. The molecule has 2 aliphatic heterocycles. The van der Waals surface area contributed by atoms with Gasteiger partial charge in [0.1, 0.15) is 0 Å². The minimum Gasteiger partial charge on any atom is -0.475 e. The number of carboxylic acid groups (broad SMARTS) is 2. The van der Waals surface area contributed by atoms with Crippen molar-refractivity contribution in [2.45, 2.75) is 57.6 Å². The van der Waals surface area contributed by atoms with Crippen molar-refractivity contribution in [2.24, 2.45) is 11.8 Å². The standard InChI is InChI=1S/C20H29N3O2.2C2HF3O2/c1-13-8-16(9-14(2)21-13)20(24)23-7-6-19(25-3)17-11-22(12-18(17)23)10-15-4-5-15;2*3-2(4,5)1(6)7/h8-9,15,17-19H,4-7,10-12H2,1-3H3;2*(H,6,7)/t17-,18+,19-;;/m0../s1. The number of halogens is 6. The lowest BCUT2D eigenvalue weighted by atomic mass is 9.88. The number of aromatic nitrogens is 1. The summed E-state index contributed by atoms with van der Waals surface area (Å²) in [6, 6.07) is 4.12. The Kier molecular flexibility index (Phi) is 10.7. The molecule has 2 saturated heterocycles. The number of fused-ring (bicyclic) bond motifs is 1. The smallest absolute Gasteiger partial charge is 0.475 e. The quantitative estimate of drug-likeness (QED) is 0.527. The Hall–Kier alpha value is -2.94. The normalized spacial score (nSPS) is 23.1. The number of hydrogen-bond acceptors (Lipinski definition) is 6. The highest BCUT2D eigenvalue weighted by molar-refractivity contribution is 5.94. The number of pyridine rings is 1. The van der Waals surface area contributed by atoms with E-state index in [-0.39, 0.29) is 18.1 Å². The first kappa shape index (κ1) is 32.3. The van der Waals surface area contributed by atoms with Crippen molar-refractivity contribution in [2.75, 3.05) is 33.3 Å². The molecule has 39 heavy (non-hydrogen) atoms. The summed E-state index contributed by atoms with van der Waals surface area (Å²) in [6.07, 6.45) is -6.21. The maximum Gasteiger partial charge on any atom is 0.490 e. The molecule has 1 aromatic rings. The second-order valence-electron chi connectivity index (χ2n) is 9.70. The molecule has 0 aromatic carbocycles. The number of aliphatic carboxylic acids is 2. The highest BCUT2D eigenvalue weighted by Crippen LogP contribution is 2.37. The van der Waals surface area contributed by atoms with E-state index in [9.17, 15) is 31.1 Å². The van der Waals surface area contributed by atoms with Crippen LogP contribution in [0.3, 0.4) is 0 Å². The summed E-state index contributed by atoms with van der Waals surface area (Å²) < 4.78 is 69.2. The van der Waals surface area contributed by atoms with Crippen LogP contribution < -0.4 is 0 Å². The first-order valence-electron chi connectivity index (χ1n) is 12.1. The fraction of sp³-hybridized carbons (Fsp3) is 0.667. The van der Waals surface area contributed by atoms with Crippen LogP contribution in [0, 0.1) is 25.7 Å². The van der Waals surface area contributed by atoms with Gasteiger partial charge in [-0.15, -0.1) is 0 Å². The first-order valence-corrected chi connectivity index (χ1v) is 12.1. The van der Waals surface area contributed by atoms with Crippen molar-refractivity contribution in [1.82, 2.24) is 14.8 Å². The maximum absolute atomic E-state index is 13.2. The van der Waals surface area contributed by atoms with Gasteiger partial charge in [0.2, 0.25) is 0 Å². The van der Waals surface area contributed by atoms with Gasteiger partial charge in [-0.3, -0.25) is 9.78 Å². The SMILES string of the molecule is CO[C@H]1CCN(C(=O)c2cc(C)nc(C)c2)[C@@H]2CN(CC3CC3)C[C@H]12.O=C(O)C(F)(F)F.O=C(O)C(F)(F)F. The molecule has 15 heteroatoms. The molecular weight excluding hydrogens is 540 g/mol. The van der Waals surface area contributed by atoms with Gasteiger partial charge < -0.3 is 24.7 Å². The maximum atomic E-state index is 13.2. The Morgan fingerprint density at radius 3 is 1.85 bits per heavy atom. The molecule has 3 fully saturated rings. The lowest BCUT2D eigenvalue weighted by Crippen LogP contribution is -2.53. The number of hydrogen-bond donors (Lipinski definition) is 2. The Labute approximate surface area is 220 Å². The summed E-state index contributed by atoms with van der Waals surface area (Å²) >= 11 is 0. The minimum atomic E-state index is -5.08. The Morgan fingerprint density at radius 2 is 1.44 bits per heavy atom. The third-order valence-electron chi connectivity index (χ3n) is 6.53. The molecule has 1 amide bonds. The number of nitrogens with zero attached hydrogens (tertiary/aromatic N) is 3. The monoisotopic (exact) mass is 571 g/mol. The molecule has 3 aliphatic rings. The number of carboxylic acids is 2. The van der Waals surface area contributed by atoms with Crippen molar-refractivity contribution < 1.29 is 55.7 Å². The van der Waals surface area contributed by atoms with E-state index in [1.807, 2.05) is 33.1 Å². The molecule has 0 unspecified atom stereocenters. The molecule has 9 nitrogen and oxygen atoms in total. The van der Waals surface area contributed by atoms with E-state index in [1.54, 1.807) is 0 Å². The van der Waals surface area contributed by atoms with Gasteiger partial charge in [0.15, 0.2) is 0 Å². The molecule has 0 bridgehead atoms. The molecule has 3 heterocycles. The number of aryl methyl sites for hydroxylation is 2. The summed E-state index contributed by atoms with van der Waals surface area (Å²) in [7, 11) is 1.82. The van der Waals surface area contributed by atoms with Gasteiger partial charge in [-0.1, -0.05) is 0 Å². The van der Waals surface area contributed by atoms with Gasteiger partial charge in [0.05, 0.1) is 12.1 Å². The second-order valence-corrected chi connectivity index (χ2v) is 9.70. The molecule has 0 spiro atoms. The number of rotatable bonds is 4. The van der Waals surface area contributed by atoms with E-state index >= 15 is 0 Å². The van der Waals surface area contributed by atoms with E-state index in [0.29, 0.717) is 5.92 Å². The second kappa shape index (κ2) is 12.9. The molecule has 0 radical (unpaired) electrons. The summed E-state index contributed by atoms with van der Waals surface area (Å²) in [5.41, 5.74) is 2.60. The molecule has 2 N–H and O–H groups in total. The topological polar surface area (TPSA) is 120 Å². The van der Waals surface area contributed by atoms with Crippen molar-refractivity contribution in [3.63, 3.8) is 0 Å². The van der Waals surface area contributed by atoms with Crippen LogP contribution in [0.25, 0.3) is 0 Å². The number of carbonyl (C=O) groups is 3. The van der Waals surface area contributed by atoms with Crippen LogP contribution in [0.1, 0.15) is 41.0 Å². The average molecular weight is 572 g/mol. The Balaban J connectivity index is 0.000000317. The Bertz CT molecular complexity index is 986. The third-order valence-corrected chi connectivity index (χ3v) is 6.53. The number of methoxy groups -OCH3 is 1. The molecular formula is C24H31F6N3O6. The summed E-state index contributed by atoms with van der Waals surface area (Å²) in [5.74, 6) is -4.03. The van der Waals surface area contributed by atoms with Crippen LogP contribution in [-0.4, -0.2) is 101 Å². The molecule has 1 aliphatic carbocycles. The molecule has 1 aromatic heterocycles. The highest BCUT2D eigenvalue weighted by atomic mass is 19.4. The van der Waals surface area contributed by atoms with Gasteiger partial charge >= 0.3 is 24.3 Å². The largest absolute Gasteiger partial charge is 0.490 e. The Morgan fingerprint density at radius 1 is 0.949 bits per heavy atom. The lowest BCUT2D eigenvalue weighted by molar-refractivity contribution is -0.193. The summed E-state index contributed by atoms with van der Waals surface area (Å²) in [6.45, 7) is 7.95. The van der Waals surface area contributed by atoms with Crippen LogP contribution in [0.15, 0.2) is 12.1 Å². The number of piperidine rings is 1. The fourth-order valence-electron chi connectivity index (χ4n) is 4.72. The van der Waals surface area contributed by atoms with Crippen molar-refractivity contribution >= 4 is 17.8 Å². The molecule has 1 saturated carbocycles. The van der Waals surface area contributed by atoms with Crippen molar-refractivity contribution in [1.29, 1.82) is 0 Å².